The van der Waals surface area contributed by atoms with Crippen molar-refractivity contribution in [1.29, 1.82) is 0 Å². The van der Waals surface area contributed by atoms with E-state index in [4.69, 9.17) is 4.74 Å². The average Bonchev–Trinajstić information content (AvgIpc) is 2.95. The fraction of sp³-hybridized carbons (Fsp3) is 0.200. The minimum atomic E-state index is -0.474. The number of aryl methyl sites for hydroxylation is 2. The monoisotopic (exact) mass is 333 g/mol. The first-order valence-electron chi connectivity index (χ1n) is 6.72. The highest BCUT2D eigenvalue weighted by molar-refractivity contribution is 7.16. The Labute approximate surface area is 136 Å². The summed E-state index contributed by atoms with van der Waals surface area (Å²) in [6, 6.07) is 8.63. The summed E-state index contributed by atoms with van der Waals surface area (Å²) in [7, 11) is 0. The normalized spacial score (nSPS) is 10.7. The lowest BCUT2D eigenvalue weighted by atomic mass is 10.1. The summed E-state index contributed by atoms with van der Waals surface area (Å²) in [6.45, 7) is 3.72. The predicted octanol–water partition coefficient (Wildman–Crippen LogP) is 2.80. The van der Waals surface area contributed by atoms with Gasteiger partial charge in [-0.3, -0.25) is 14.9 Å². The number of hydrazone groups is 1. The third-order valence-corrected chi connectivity index (χ3v) is 3.83. The Morgan fingerprint density at radius 2 is 2.17 bits per heavy atom. The molecule has 0 aliphatic heterocycles. The van der Waals surface area contributed by atoms with Crippen LogP contribution in [0.15, 0.2) is 35.4 Å². The van der Waals surface area contributed by atoms with Crippen LogP contribution < -0.4 is 10.2 Å². The van der Waals surface area contributed by atoms with E-state index in [-0.39, 0.29) is 11.6 Å². The van der Waals surface area contributed by atoms with Crippen LogP contribution in [0.25, 0.3) is 0 Å². The number of hydrogen-bond donors (Lipinski definition) is 1. The molecule has 8 heteroatoms. The molecule has 1 amide bonds. The van der Waals surface area contributed by atoms with Crippen LogP contribution in [0, 0.1) is 24.0 Å². The second kappa shape index (κ2) is 7.50. The highest BCUT2D eigenvalue weighted by Gasteiger charge is 2.08. The van der Waals surface area contributed by atoms with Crippen molar-refractivity contribution in [3.63, 3.8) is 0 Å². The van der Waals surface area contributed by atoms with Gasteiger partial charge in [0.1, 0.15) is 5.75 Å². The van der Waals surface area contributed by atoms with E-state index in [1.54, 1.807) is 6.07 Å². The number of rotatable bonds is 6. The fourth-order valence-corrected chi connectivity index (χ4v) is 2.51. The number of ether oxygens (including phenoxy) is 1. The van der Waals surface area contributed by atoms with E-state index in [1.807, 2.05) is 32.0 Å². The maximum absolute atomic E-state index is 11.6. The quantitative estimate of drug-likeness (QED) is 0.499. The molecule has 7 nitrogen and oxygen atoms in total. The summed E-state index contributed by atoms with van der Waals surface area (Å²) in [5.74, 6) is 0.232. The van der Waals surface area contributed by atoms with Gasteiger partial charge in [-0.05, 0) is 31.5 Å². The van der Waals surface area contributed by atoms with Crippen LogP contribution in [0.5, 0.6) is 5.75 Å². The zero-order valence-corrected chi connectivity index (χ0v) is 13.4. The summed E-state index contributed by atoms with van der Waals surface area (Å²) in [6.07, 6.45) is 1.35. The van der Waals surface area contributed by atoms with Crippen LogP contribution >= 0.6 is 11.3 Å². The number of carbonyl (C=O) groups excluding carboxylic acids is 1. The maximum atomic E-state index is 11.6. The second-order valence-corrected chi connectivity index (χ2v) is 5.88. The smallest absolute Gasteiger partial charge is 0.324 e. The molecule has 2 aromatic rings. The summed E-state index contributed by atoms with van der Waals surface area (Å²) in [5.41, 5.74) is 4.38. The van der Waals surface area contributed by atoms with Crippen LogP contribution in [0.1, 0.15) is 16.0 Å². The van der Waals surface area contributed by atoms with E-state index in [2.05, 4.69) is 10.5 Å². The lowest BCUT2D eigenvalue weighted by Gasteiger charge is -2.08. The van der Waals surface area contributed by atoms with E-state index in [1.165, 1.54) is 12.3 Å². The van der Waals surface area contributed by atoms with Gasteiger partial charge in [-0.1, -0.05) is 29.0 Å². The van der Waals surface area contributed by atoms with Crippen LogP contribution in [-0.4, -0.2) is 23.7 Å². The van der Waals surface area contributed by atoms with Gasteiger partial charge in [-0.25, -0.2) is 5.43 Å². The third-order valence-electron chi connectivity index (χ3n) is 2.86. The number of nitrogens with zero attached hydrogens (tertiary/aromatic N) is 2. The van der Waals surface area contributed by atoms with Gasteiger partial charge >= 0.3 is 5.00 Å². The molecule has 2 rings (SSSR count). The Balaban J connectivity index is 1.82. The Hall–Kier alpha value is -2.74. The molecule has 0 aliphatic carbocycles. The number of thiophene rings is 1. The topological polar surface area (TPSA) is 93.8 Å². The lowest BCUT2D eigenvalue weighted by molar-refractivity contribution is -0.380. The van der Waals surface area contributed by atoms with Gasteiger partial charge < -0.3 is 4.74 Å². The first kappa shape index (κ1) is 16.6. The van der Waals surface area contributed by atoms with Crippen LogP contribution in [-0.2, 0) is 4.79 Å². The van der Waals surface area contributed by atoms with Crippen LogP contribution in [0.2, 0.25) is 0 Å². The molecule has 1 heterocycles. The molecule has 0 aliphatic rings. The molecule has 1 N–H and O–H groups in total. The number of benzene rings is 1. The molecular formula is C15H15N3O4S. The molecule has 0 saturated heterocycles. The van der Waals surface area contributed by atoms with E-state index >= 15 is 0 Å². The summed E-state index contributed by atoms with van der Waals surface area (Å²) in [5, 5.41) is 14.3. The molecule has 1 aromatic heterocycles. The molecule has 0 atom stereocenters. The highest BCUT2D eigenvalue weighted by atomic mass is 32.1. The Bertz CT molecular complexity index is 755. The minimum Gasteiger partial charge on any atom is -0.483 e. The Morgan fingerprint density at radius 1 is 1.39 bits per heavy atom. The van der Waals surface area contributed by atoms with Gasteiger partial charge in [0.05, 0.1) is 16.0 Å². The van der Waals surface area contributed by atoms with E-state index in [9.17, 15) is 14.9 Å². The van der Waals surface area contributed by atoms with Crippen molar-refractivity contribution in [2.24, 2.45) is 5.10 Å². The standard InChI is InChI=1S/C15H15N3O4S/c1-10-3-5-13(11(2)7-10)22-9-14(19)17-16-8-12-4-6-15(23-12)18(20)21/h3-8H,9H2,1-2H3,(H,17,19). The number of amides is 1. The molecule has 0 fully saturated rings. The largest absolute Gasteiger partial charge is 0.483 e. The second-order valence-electron chi connectivity index (χ2n) is 4.78. The van der Waals surface area contributed by atoms with Crippen LogP contribution in [0.4, 0.5) is 5.00 Å². The third kappa shape index (κ3) is 4.89. The van der Waals surface area contributed by atoms with Gasteiger partial charge in [-0.15, -0.1) is 0 Å². The van der Waals surface area contributed by atoms with Gasteiger partial charge in [0, 0.05) is 6.07 Å². The van der Waals surface area contributed by atoms with Crippen LogP contribution in [0.3, 0.4) is 0 Å². The van der Waals surface area contributed by atoms with E-state index in [0.717, 1.165) is 22.5 Å². The molecule has 0 radical (unpaired) electrons. The fourth-order valence-electron chi connectivity index (χ4n) is 1.81. The summed E-state index contributed by atoms with van der Waals surface area (Å²) >= 11 is 0.975. The lowest BCUT2D eigenvalue weighted by Crippen LogP contribution is -2.24. The number of hydrogen-bond acceptors (Lipinski definition) is 6. The van der Waals surface area contributed by atoms with E-state index < -0.39 is 10.8 Å². The Kier molecular flexibility index (Phi) is 5.42. The summed E-state index contributed by atoms with van der Waals surface area (Å²) < 4.78 is 5.42. The molecule has 120 valence electrons. The molecule has 23 heavy (non-hydrogen) atoms. The molecule has 0 spiro atoms. The van der Waals surface area contributed by atoms with E-state index in [0.29, 0.717) is 10.6 Å². The SMILES string of the molecule is Cc1ccc(OCC(=O)NN=Cc2ccc([N+](=O)[O-])s2)c(C)c1. The summed E-state index contributed by atoms with van der Waals surface area (Å²) in [4.78, 5) is 22.3. The first-order valence-corrected chi connectivity index (χ1v) is 7.53. The van der Waals surface area contributed by atoms with Gasteiger partial charge in [0.15, 0.2) is 6.61 Å². The number of carbonyl (C=O) groups is 1. The van der Waals surface area contributed by atoms with Crippen molar-refractivity contribution in [3.8, 4) is 5.75 Å². The number of nitro groups is 1. The maximum Gasteiger partial charge on any atom is 0.324 e. The predicted molar refractivity (Wildman–Crippen MR) is 88.1 cm³/mol. The van der Waals surface area contributed by atoms with Gasteiger partial charge in [0.2, 0.25) is 0 Å². The average molecular weight is 333 g/mol. The molecule has 0 saturated carbocycles. The van der Waals surface area contributed by atoms with Crippen molar-refractivity contribution in [1.82, 2.24) is 5.43 Å². The molecular weight excluding hydrogens is 318 g/mol. The van der Waals surface area contributed by atoms with Gasteiger partial charge in [-0.2, -0.15) is 5.10 Å². The number of nitrogens with one attached hydrogen (secondary N) is 1. The highest BCUT2D eigenvalue weighted by Crippen LogP contribution is 2.22. The minimum absolute atomic E-state index is 0.0240. The molecule has 1 aromatic carbocycles. The van der Waals surface area contributed by atoms with Crippen molar-refractivity contribution in [2.75, 3.05) is 6.61 Å². The van der Waals surface area contributed by atoms with Crippen molar-refractivity contribution >= 4 is 28.5 Å². The zero-order chi connectivity index (χ0) is 16.8. The van der Waals surface area contributed by atoms with Crippen molar-refractivity contribution < 1.29 is 14.5 Å². The van der Waals surface area contributed by atoms with Crippen molar-refractivity contribution in [3.05, 3.63) is 56.5 Å². The zero-order valence-electron chi connectivity index (χ0n) is 12.6. The molecule has 0 unspecified atom stereocenters. The van der Waals surface area contributed by atoms with Crippen molar-refractivity contribution in [2.45, 2.75) is 13.8 Å². The first-order chi connectivity index (χ1) is 11.0. The van der Waals surface area contributed by atoms with Gasteiger partial charge in [0.25, 0.3) is 5.91 Å². The Morgan fingerprint density at radius 3 is 2.83 bits per heavy atom. The molecule has 0 bridgehead atoms.